The largest absolute Gasteiger partial charge is 0.364 e. The van der Waals surface area contributed by atoms with Gasteiger partial charge in [-0.1, -0.05) is 23.4 Å². The van der Waals surface area contributed by atoms with Crippen molar-refractivity contribution in [1.82, 2.24) is 24.9 Å². The minimum Gasteiger partial charge on any atom is -0.364 e. The van der Waals surface area contributed by atoms with Gasteiger partial charge in [0.15, 0.2) is 5.82 Å². The molecule has 3 heterocycles. The van der Waals surface area contributed by atoms with Gasteiger partial charge >= 0.3 is 0 Å². The number of benzene rings is 1. The van der Waals surface area contributed by atoms with Crippen LogP contribution in [0.25, 0.3) is 22.9 Å². The van der Waals surface area contributed by atoms with E-state index in [9.17, 15) is 18.8 Å². The van der Waals surface area contributed by atoms with Crippen LogP contribution in [0.4, 0.5) is 10.2 Å². The smallest absolute Gasteiger partial charge is 0.229 e. The van der Waals surface area contributed by atoms with Gasteiger partial charge in [-0.3, -0.25) is 19.1 Å². The molecule has 1 fully saturated rings. The van der Waals surface area contributed by atoms with Crippen molar-refractivity contribution in [2.24, 2.45) is 5.92 Å². The van der Waals surface area contributed by atoms with Crippen LogP contribution >= 0.6 is 0 Å². The predicted octanol–water partition coefficient (Wildman–Crippen LogP) is 3.06. The third kappa shape index (κ3) is 4.88. The van der Waals surface area contributed by atoms with Gasteiger partial charge in [-0.25, -0.2) is 14.4 Å². The number of Topliss-reactive ketones (excluding diaryl/α,β-unsaturated/α-hetero) is 2. The Morgan fingerprint density at radius 2 is 1.91 bits per heavy atom. The Morgan fingerprint density at radius 1 is 1.11 bits per heavy atom. The second-order valence-electron chi connectivity index (χ2n) is 8.16. The summed E-state index contributed by atoms with van der Waals surface area (Å²) < 4.78 is 20.8. The highest BCUT2D eigenvalue weighted by Gasteiger charge is 2.30. The van der Waals surface area contributed by atoms with Crippen molar-refractivity contribution in [3.8, 4) is 22.9 Å². The highest BCUT2D eigenvalue weighted by atomic mass is 19.1. The molecule has 1 N–H and O–H groups in total. The monoisotopic (exact) mass is 474 g/mol. The summed E-state index contributed by atoms with van der Waals surface area (Å²) in [6.45, 7) is 0.134. The van der Waals surface area contributed by atoms with Crippen LogP contribution in [-0.2, 0) is 20.9 Å². The van der Waals surface area contributed by atoms with Crippen LogP contribution in [0.15, 0.2) is 59.4 Å². The minimum absolute atomic E-state index is 0.0248. The number of nitrogens with one attached hydrogen (secondary N) is 1. The van der Waals surface area contributed by atoms with E-state index in [4.69, 9.17) is 4.52 Å². The van der Waals surface area contributed by atoms with Gasteiger partial charge in [-0.05, 0) is 18.2 Å². The predicted molar refractivity (Wildman–Crippen MR) is 120 cm³/mol. The summed E-state index contributed by atoms with van der Waals surface area (Å²) in [4.78, 5) is 44.6. The van der Waals surface area contributed by atoms with Gasteiger partial charge in [-0.2, -0.15) is 5.10 Å². The lowest BCUT2D eigenvalue weighted by Crippen LogP contribution is -2.32. The Morgan fingerprint density at radius 3 is 2.66 bits per heavy atom. The molecular formula is C24H19FN6O4. The Hall–Kier alpha value is -4.54. The molecule has 0 saturated heterocycles. The zero-order chi connectivity index (χ0) is 24.4. The molecule has 3 aromatic heterocycles. The summed E-state index contributed by atoms with van der Waals surface area (Å²) in [5.41, 5.74) is 1.87. The fourth-order valence-corrected chi connectivity index (χ4v) is 3.94. The van der Waals surface area contributed by atoms with Gasteiger partial charge in [0.05, 0.1) is 24.6 Å². The molecule has 0 aliphatic heterocycles. The standard InChI is InChI=1S/C24H19FN6O4/c25-18-4-2-1-3-14(18)13-31-21(19-6-8-35-30-19)12-20(29-31)23-26-7-5-22(27-23)28-24(34)15-9-16(32)11-17(33)10-15/h1-8,12,15H,9-11,13H2,(H,26,27,28,34). The number of hydrogen-bond donors (Lipinski definition) is 1. The van der Waals surface area contributed by atoms with Gasteiger partial charge < -0.3 is 9.84 Å². The molecule has 1 saturated carbocycles. The molecule has 1 aliphatic rings. The van der Waals surface area contributed by atoms with Crippen molar-refractivity contribution in [3.63, 3.8) is 0 Å². The number of hydrogen-bond acceptors (Lipinski definition) is 8. The SMILES string of the molecule is O=C1CC(=O)CC(C(=O)Nc2ccnc(-c3cc(-c4ccon4)n(Cc4ccccc4F)n3)n2)C1. The highest BCUT2D eigenvalue weighted by Crippen LogP contribution is 2.26. The summed E-state index contributed by atoms with van der Waals surface area (Å²) in [5.74, 6) is -1.61. The number of carbonyl (C=O) groups is 3. The molecule has 11 heteroatoms. The Bertz CT molecular complexity index is 1400. The average Bonchev–Trinajstić information content (AvgIpc) is 3.50. The van der Waals surface area contributed by atoms with Crippen molar-refractivity contribution < 1.29 is 23.3 Å². The molecule has 0 unspecified atom stereocenters. The number of halogens is 1. The van der Waals surface area contributed by atoms with E-state index in [0.717, 1.165) is 0 Å². The van der Waals surface area contributed by atoms with E-state index < -0.39 is 11.8 Å². The molecule has 10 nitrogen and oxygen atoms in total. The molecule has 5 rings (SSSR count). The second kappa shape index (κ2) is 9.37. The number of rotatable bonds is 6. The molecule has 1 aromatic carbocycles. The first-order valence-corrected chi connectivity index (χ1v) is 10.9. The Balaban J connectivity index is 1.42. The van der Waals surface area contributed by atoms with Crippen molar-refractivity contribution >= 4 is 23.3 Å². The summed E-state index contributed by atoms with van der Waals surface area (Å²) in [6.07, 6.45) is 2.81. The summed E-state index contributed by atoms with van der Waals surface area (Å²) in [7, 11) is 0. The van der Waals surface area contributed by atoms with Crippen LogP contribution in [0.2, 0.25) is 0 Å². The van der Waals surface area contributed by atoms with Crippen LogP contribution in [0, 0.1) is 11.7 Å². The molecular weight excluding hydrogens is 455 g/mol. The van der Waals surface area contributed by atoms with Crippen LogP contribution in [-0.4, -0.2) is 42.4 Å². The van der Waals surface area contributed by atoms with Crippen molar-refractivity contribution in [3.05, 3.63) is 66.3 Å². The first-order chi connectivity index (χ1) is 17.0. The van der Waals surface area contributed by atoms with E-state index in [1.165, 1.54) is 24.6 Å². The quantitative estimate of drug-likeness (QED) is 0.422. The van der Waals surface area contributed by atoms with E-state index >= 15 is 0 Å². The maximum atomic E-state index is 14.3. The average molecular weight is 474 g/mol. The lowest BCUT2D eigenvalue weighted by molar-refractivity contribution is -0.136. The highest BCUT2D eigenvalue weighted by molar-refractivity contribution is 6.07. The van der Waals surface area contributed by atoms with Gasteiger partial charge in [0.2, 0.25) is 5.91 Å². The topological polar surface area (TPSA) is 133 Å². The van der Waals surface area contributed by atoms with Gasteiger partial charge in [0, 0.05) is 30.7 Å². The van der Waals surface area contributed by atoms with Crippen molar-refractivity contribution in [2.45, 2.75) is 25.8 Å². The Kier molecular flexibility index (Phi) is 5.96. The molecule has 4 aromatic rings. The normalized spacial score (nSPS) is 14.3. The number of nitrogens with zero attached hydrogens (tertiary/aromatic N) is 5. The van der Waals surface area contributed by atoms with Crippen LogP contribution in [0.3, 0.4) is 0 Å². The number of aromatic nitrogens is 5. The van der Waals surface area contributed by atoms with Gasteiger partial charge in [0.25, 0.3) is 0 Å². The Labute approximate surface area is 198 Å². The lowest BCUT2D eigenvalue weighted by Gasteiger charge is -2.19. The first-order valence-electron chi connectivity index (χ1n) is 10.9. The number of ketones is 2. The molecule has 176 valence electrons. The lowest BCUT2D eigenvalue weighted by atomic mass is 9.87. The molecule has 35 heavy (non-hydrogen) atoms. The minimum atomic E-state index is -0.721. The van der Waals surface area contributed by atoms with Gasteiger partial charge in [0.1, 0.15) is 40.9 Å². The van der Waals surface area contributed by atoms with E-state index in [2.05, 4.69) is 25.5 Å². The summed E-state index contributed by atoms with van der Waals surface area (Å²) >= 11 is 0. The third-order valence-electron chi connectivity index (χ3n) is 5.61. The van der Waals surface area contributed by atoms with Gasteiger partial charge in [-0.15, -0.1) is 0 Å². The van der Waals surface area contributed by atoms with Crippen LogP contribution < -0.4 is 5.32 Å². The van der Waals surface area contributed by atoms with Crippen molar-refractivity contribution in [2.75, 3.05) is 5.32 Å². The molecule has 0 spiro atoms. The fourth-order valence-electron chi connectivity index (χ4n) is 3.94. The number of carbonyl (C=O) groups excluding carboxylic acids is 3. The molecule has 1 aliphatic carbocycles. The number of amides is 1. The van der Waals surface area contributed by atoms with Crippen LogP contribution in [0.1, 0.15) is 24.8 Å². The molecule has 0 atom stereocenters. The zero-order valence-corrected chi connectivity index (χ0v) is 18.3. The van der Waals surface area contributed by atoms with E-state index in [1.54, 1.807) is 35.0 Å². The van der Waals surface area contributed by atoms with Crippen LogP contribution in [0.5, 0.6) is 0 Å². The maximum Gasteiger partial charge on any atom is 0.229 e. The number of anilines is 1. The molecule has 0 radical (unpaired) electrons. The summed E-state index contributed by atoms with van der Waals surface area (Å²) in [5, 5.41) is 11.2. The summed E-state index contributed by atoms with van der Waals surface area (Å²) in [6, 6.07) is 11.2. The zero-order valence-electron chi connectivity index (χ0n) is 18.3. The first kappa shape index (κ1) is 22.3. The molecule has 0 bridgehead atoms. The molecule has 1 amide bonds. The second-order valence-corrected chi connectivity index (χ2v) is 8.16. The van der Waals surface area contributed by atoms with E-state index in [0.29, 0.717) is 22.6 Å². The van der Waals surface area contributed by atoms with Crippen molar-refractivity contribution in [1.29, 1.82) is 0 Å². The third-order valence-corrected chi connectivity index (χ3v) is 5.61. The van der Waals surface area contributed by atoms with E-state index in [1.807, 2.05) is 0 Å². The fraction of sp³-hybridized carbons (Fsp3) is 0.208. The maximum absolute atomic E-state index is 14.3. The van der Waals surface area contributed by atoms with E-state index in [-0.39, 0.29) is 54.8 Å².